The second-order valence-corrected chi connectivity index (χ2v) is 7.69. The molecule has 3 rings (SSSR count). The molecule has 3 amide bonds. The lowest BCUT2D eigenvalue weighted by molar-refractivity contribution is -0.136. The Morgan fingerprint density at radius 3 is 1.87 bits per heavy atom. The van der Waals surface area contributed by atoms with Gasteiger partial charge in [0, 0.05) is 37.3 Å². The van der Waals surface area contributed by atoms with Gasteiger partial charge < -0.3 is 15.1 Å². The zero-order chi connectivity index (χ0) is 21.5. The van der Waals surface area contributed by atoms with Crippen LogP contribution in [0.5, 0.6) is 0 Å². The number of amides is 3. The van der Waals surface area contributed by atoms with Crippen LogP contribution in [-0.4, -0.2) is 59.7 Å². The fraction of sp³-hybridized carbons (Fsp3) is 0.375. The normalized spacial score (nSPS) is 15.9. The Balaban J connectivity index is 1.63. The van der Waals surface area contributed by atoms with Gasteiger partial charge in [0.05, 0.1) is 0 Å². The molecule has 1 fully saturated rings. The number of nitrogens with one attached hydrogen (secondary N) is 1. The molecule has 6 nitrogen and oxygen atoms in total. The Morgan fingerprint density at radius 2 is 1.33 bits per heavy atom. The van der Waals surface area contributed by atoms with Gasteiger partial charge in [0.1, 0.15) is 6.04 Å². The second kappa shape index (κ2) is 10.1. The molecule has 1 aliphatic rings. The minimum absolute atomic E-state index is 0.00847. The number of nitrogens with zero attached hydrogens (tertiary/aromatic N) is 2. The standard InChI is InChI=1S/C24H29N3O3/c1-3-18(2)21(25-22(28)19-10-6-4-7-11-19)24(30)27-16-14-26(15-17-27)23(29)20-12-8-5-9-13-20/h4-13,18,21H,3,14-17H2,1-2H3,(H,25,28). The van der Waals surface area contributed by atoms with Crippen LogP contribution in [0.4, 0.5) is 0 Å². The summed E-state index contributed by atoms with van der Waals surface area (Å²) in [5.74, 6) is -0.333. The molecule has 0 saturated carbocycles. The van der Waals surface area contributed by atoms with Crippen LogP contribution < -0.4 is 5.32 Å². The average Bonchev–Trinajstić information content (AvgIpc) is 2.82. The van der Waals surface area contributed by atoms with Crippen LogP contribution in [0.25, 0.3) is 0 Å². The molecule has 6 heteroatoms. The summed E-state index contributed by atoms with van der Waals surface area (Å²) in [7, 11) is 0. The van der Waals surface area contributed by atoms with Gasteiger partial charge in [0.2, 0.25) is 5.91 Å². The molecule has 2 atom stereocenters. The summed E-state index contributed by atoms with van der Waals surface area (Å²) >= 11 is 0. The van der Waals surface area contributed by atoms with Crippen LogP contribution in [0, 0.1) is 5.92 Å². The van der Waals surface area contributed by atoms with E-state index < -0.39 is 6.04 Å². The number of piperazine rings is 1. The van der Waals surface area contributed by atoms with Crippen molar-refractivity contribution < 1.29 is 14.4 Å². The smallest absolute Gasteiger partial charge is 0.253 e. The van der Waals surface area contributed by atoms with E-state index in [1.807, 2.05) is 38.1 Å². The predicted octanol–water partition coefficient (Wildman–Crippen LogP) is 2.82. The lowest BCUT2D eigenvalue weighted by Crippen LogP contribution is -2.57. The Kier molecular flexibility index (Phi) is 7.22. The van der Waals surface area contributed by atoms with Crippen LogP contribution in [0.1, 0.15) is 41.0 Å². The van der Waals surface area contributed by atoms with Crippen LogP contribution in [0.3, 0.4) is 0 Å². The molecule has 2 aromatic rings. The Bertz CT molecular complexity index is 862. The Morgan fingerprint density at radius 1 is 0.833 bits per heavy atom. The lowest BCUT2D eigenvalue weighted by Gasteiger charge is -2.37. The van der Waals surface area contributed by atoms with Crippen molar-refractivity contribution in [1.29, 1.82) is 0 Å². The number of carbonyl (C=O) groups excluding carboxylic acids is 3. The van der Waals surface area contributed by atoms with Crippen molar-refractivity contribution in [3.05, 3.63) is 71.8 Å². The first kappa shape index (κ1) is 21.6. The van der Waals surface area contributed by atoms with Gasteiger partial charge in [-0.3, -0.25) is 14.4 Å². The summed E-state index contributed by atoms with van der Waals surface area (Å²) in [6.45, 7) is 5.88. The first-order valence-corrected chi connectivity index (χ1v) is 10.5. The van der Waals surface area contributed by atoms with E-state index in [1.165, 1.54) is 0 Å². The summed E-state index contributed by atoms with van der Waals surface area (Å²) in [5, 5.41) is 2.93. The summed E-state index contributed by atoms with van der Waals surface area (Å²) < 4.78 is 0. The molecule has 1 saturated heterocycles. The summed E-state index contributed by atoms with van der Waals surface area (Å²) in [6.07, 6.45) is 0.776. The summed E-state index contributed by atoms with van der Waals surface area (Å²) in [5.41, 5.74) is 1.20. The Hall–Kier alpha value is -3.15. The van der Waals surface area contributed by atoms with Gasteiger partial charge in [-0.25, -0.2) is 0 Å². The monoisotopic (exact) mass is 407 g/mol. The molecule has 1 heterocycles. The largest absolute Gasteiger partial charge is 0.340 e. The predicted molar refractivity (Wildman–Crippen MR) is 116 cm³/mol. The molecule has 0 aromatic heterocycles. The maximum absolute atomic E-state index is 13.2. The summed E-state index contributed by atoms with van der Waals surface area (Å²) in [4.78, 5) is 42.0. The molecule has 1 aliphatic heterocycles. The highest BCUT2D eigenvalue weighted by Gasteiger charge is 2.32. The fourth-order valence-corrected chi connectivity index (χ4v) is 3.59. The van der Waals surface area contributed by atoms with Gasteiger partial charge in [-0.1, -0.05) is 56.7 Å². The van der Waals surface area contributed by atoms with E-state index in [2.05, 4.69) is 5.32 Å². The van der Waals surface area contributed by atoms with E-state index in [-0.39, 0.29) is 23.6 Å². The molecular weight excluding hydrogens is 378 g/mol. The molecule has 2 unspecified atom stereocenters. The molecule has 158 valence electrons. The van der Waals surface area contributed by atoms with Gasteiger partial charge in [-0.2, -0.15) is 0 Å². The van der Waals surface area contributed by atoms with Gasteiger partial charge in [-0.05, 0) is 30.2 Å². The quantitative estimate of drug-likeness (QED) is 0.801. The molecule has 1 N–H and O–H groups in total. The third-order valence-electron chi connectivity index (χ3n) is 5.70. The second-order valence-electron chi connectivity index (χ2n) is 7.69. The van der Waals surface area contributed by atoms with Gasteiger partial charge in [-0.15, -0.1) is 0 Å². The highest BCUT2D eigenvalue weighted by molar-refractivity contribution is 5.98. The maximum atomic E-state index is 13.2. The number of hydrogen-bond donors (Lipinski definition) is 1. The van der Waals surface area contributed by atoms with Gasteiger partial charge in [0.15, 0.2) is 0 Å². The third-order valence-corrected chi connectivity index (χ3v) is 5.70. The minimum atomic E-state index is -0.584. The van der Waals surface area contributed by atoms with Crippen LogP contribution in [0.15, 0.2) is 60.7 Å². The van der Waals surface area contributed by atoms with Crippen LogP contribution >= 0.6 is 0 Å². The van der Waals surface area contributed by atoms with Crippen molar-refractivity contribution in [2.24, 2.45) is 5.92 Å². The third kappa shape index (κ3) is 5.06. The Labute approximate surface area is 177 Å². The van der Waals surface area contributed by atoms with Gasteiger partial charge >= 0.3 is 0 Å². The first-order valence-electron chi connectivity index (χ1n) is 10.5. The van der Waals surface area contributed by atoms with E-state index in [9.17, 15) is 14.4 Å². The van der Waals surface area contributed by atoms with Crippen molar-refractivity contribution in [1.82, 2.24) is 15.1 Å². The highest BCUT2D eigenvalue weighted by Crippen LogP contribution is 2.15. The topological polar surface area (TPSA) is 69.7 Å². The van der Waals surface area contributed by atoms with E-state index >= 15 is 0 Å². The zero-order valence-corrected chi connectivity index (χ0v) is 17.6. The van der Waals surface area contributed by atoms with E-state index in [4.69, 9.17) is 0 Å². The summed E-state index contributed by atoms with van der Waals surface area (Å²) in [6, 6.07) is 17.5. The van der Waals surface area contributed by atoms with Crippen molar-refractivity contribution >= 4 is 17.7 Å². The molecule has 0 bridgehead atoms. The lowest BCUT2D eigenvalue weighted by atomic mass is 9.97. The van der Waals surface area contributed by atoms with Crippen molar-refractivity contribution in [2.45, 2.75) is 26.3 Å². The molecule has 0 spiro atoms. The number of hydrogen-bond acceptors (Lipinski definition) is 3. The van der Waals surface area contributed by atoms with E-state index in [0.717, 1.165) is 6.42 Å². The van der Waals surface area contributed by atoms with Crippen molar-refractivity contribution in [2.75, 3.05) is 26.2 Å². The minimum Gasteiger partial charge on any atom is -0.340 e. The number of carbonyl (C=O) groups is 3. The maximum Gasteiger partial charge on any atom is 0.253 e. The SMILES string of the molecule is CCC(C)C(NC(=O)c1ccccc1)C(=O)N1CCN(C(=O)c2ccccc2)CC1. The van der Waals surface area contributed by atoms with E-state index in [0.29, 0.717) is 37.3 Å². The average molecular weight is 408 g/mol. The van der Waals surface area contributed by atoms with Crippen molar-refractivity contribution in [3.8, 4) is 0 Å². The molecule has 0 aliphatic carbocycles. The molecule has 0 radical (unpaired) electrons. The van der Waals surface area contributed by atoms with Crippen LogP contribution in [-0.2, 0) is 4.79 Å². The number of benzene rings is 2. The molecule has 2 aromatic carbocycles. The molecular formula is C24H29N3O3. The van der Waals surface area contributed by atoms with Crippen LogP contribution in [0.2, 0.25) is 0 Å². The van der Waals surface area contributed by atoms with Gasteiger partial charge in [0.25, 0.3) is 11.8 Å². The fourth-order valence-electron chi connectivity index (χ4n) is 3.59. The van der Waals surface area contributed by atoms with E-state index in [1.54, 1.807) is 46.2 Å². The highest BCUT2D eigenvalue weighted by atomic mass is 16.2. The zero-order valence-electron chi connectivity index (χ0n) is 17.6. The number of rotatable bonds is 6. The first-order chi connectivity index (χ1) is 14.5. The van der Waals surface area contributed by atoms with Crippen molar-refractivity contribution in [3.63, 3.8) is 0 Å². The molecule has 30 heavy (non-hydrogen) atoms.